The van der Waals surface area contributed by atoms with Crippen molar-refractivity contribution in [3.63, 3.8) is 0 Å². The van der Waals surface area contributed by atoms with Crippen molar-refractivity contribution in [3.05, 3.63) is 12.3 Å². The van der Waals surface area contributed by atoms with Gasteiger partial charge in [0, 0.05) is 60.7 Å². The van der Waals surface area contributed by atoms with Crippen LogP contribution in [0.4, 0.5) is 0 Å². The molecule has 0 saturated carbocycles. The summed E-state index contributed by atoms with van der Waals surface area (Å²) < 4.78 is 12.0. The van der Waals surface area contributed by atoms with Crippen molar-refractivity contribution in [2.75, 3.05) is 0 Å². The minimum absolute atomic E-state index is 0.00380. The van der Waals surface area contributed by atoms with Gasteiger partial charge in [-0.15, -0.1) is 0 Å². The molecule has 0 amide bonds. The first-order valence-corrected chi connectivity index (χ1v) is 13.7. The van der Waals surface area contributed by atoms with Gasteiger partial charge in [0.15, 0.2) is 0 Å². The molecule has 5 nitrogen and oxygen atoms in total. The molecule has 2 rings (SSSR count). The molecule has 2 heterocycles. The van der Waals surface area contributed by atoms with Crippen LogP contribution < -0.4 is 10.6 Å². The van der Waals surface area contributed by atoms with Crippen molar-refractivity contribution in [2.24, 2.45) is 0 Å². The summed E-state index contributed by atoms with van der Waals surface area (Å²) in [6, 6.07) is 0. The minimum Gasteiger partial charge on any atom is -0.495 e. The third-order valence-electron chi connectivity index (χ3n) is 7.02. The molecule has 5 heteroatoms. The summed E-state index contributed by atoms with van der Waals surface area (Å²) in [5, 5.41) is 7.34. The number of carbonyl (C=O) groups excluding carboxylic acids is 1. The third-order valence-corrected chi connectivity index (χ3v) is 7.02. The normalized spacial score (nSPS) is 23.9. The van der Waals surface area contributed by atoms with Crippen LogP contribution in [0.1, 0.15) is 132 Å². The molecule has 0 bridgehead atoms. The Labute approximate surface area is 210 Å². The van der Waals surface area contributed by atoms with Crippen LogP contribution in [0.2, 0.25) is 0 Å². The Morgan fingerprint density at radius 1 is 0.647 bits per heavy atom. The van der Waals surface area contributed by atoms with Crippen LogP contribution in [-0.2, 0) is 14.3 Å². The number of hydrogen-bond acceptors (Lipinski definition) is 5. The van der Waals surface area contributed by atoms with Gasteiger partial charge in [-0.1, -0.05) is 32.3 Å². The molecule has 2 saturated heterocycles. The second kappa shape index (κ2) is 11.8. The maximum absolute atomic E-state index is 12.3. The van der Waals surface area contributed by atoms with E-state index in [1.54, 1.807) is 0 Å². The molecule has 2 aliphatic heterocycles. The van der Waals surface area contributed by atoms with Crippen molar-refractivity contribution in [2.45, 2.75) is 167 Å². The average Bonchev–Trinajstić information content (AvgIpc) is 2.58. The zero-order valence-corrected chi connectivity index (χ0v) is 23.6. The molecule has 198 valence electrons. The Bertz CT molecular complexity index is 591. The van der Waals surface area contributed by atoms with Gasteiger partial charge >= 0.3 is 5.97 Å². The van der Waals surface area contributed by atoms with Crippen LogP contribution in [0.5, 0.6) is 0 Å². The molecule has 0 aliphatic carbocycles. The van der Waals surface area contributed by atoms with E-state index in [4.69, 9.17) is 9.47 Å². The zero-order chi connectivity index (χ0) is 25.6. The summed E-state index contributed by atoms with van der Waals surface area (Å²) >= 11 is 0. The van der Waals surface area contributed by atoms with E-state index in [0.717, 1.165) is 57.1 Å². The van der Waals surface area contributed by atoms with Crippen molar-refractivity contribution < 1.29 is 14.3 Å². The summed E-state index contributed by atoms with van der Waals surface area (Å²) in [5.74, 6) is 0.904. The minimum atomic E-state index is -0.0313. The fourth-order valence-electron chi connectivity index (χ4n) is 6.46. The number of esters is 1. The number of unbranched alkanes of at least 4 members (excludes halogenated alkanes) is 5. The van der Waals surface area contributed by atoms with Gasteiger partial charge < -0.3 is 20.1 Å². The highest BCUT2D eigenvalue weighted by molar-refractivity contribution is 5.69. The molecule has 2 N–H and O–H groups in total. The van der Waals surface area contributed by atoms with Gasteiger partial charge in [-0.05, 0) is 68.2 Å². The zero-order valence-electron chi connectivity index (χ0n) is 23.6. The van der Waals surface area contributed by atoms with Crippen LogP contribution in [0.25, 0.3) is 0 Å². The van der Waals surface area contributed by atoms with E-state index in [1.807, 2.05) is 0 Å². The highest BCUT2D eigenvalue weighted by Gasteiger charge is 2.40. The van der Waals surface area contributed by atoms with Crippen molar-refractivity contribution in [3.8, 4) is 0 Å². The lowest BCUT2D eigenvalue weighted by Gasteiger charge is -2.46. The SMILES string of the molecule is C=C(CCCCCCCCC(=O)OC1CC(C)(C)NC(C)(C)C1)OC1CC(C)(C)NC(C)(C)C1. The number of piperidine rings is 2. The number of ether oxygens (including phenoxy) is 2. The van der Waals surface area contributed by atoms with Crippen LogP contribution >= 0.6 is 0 Å². The lowest BCUT2D eigenvalue weighted by Crippen LogP contribution is -2.59. The second-order valence-corrected chi connectivity index (χ2v) is 13.6. The second-order valence-electron chi connectivity index (χ2n) is 13.6. The van der Waals surface area contributed by atoms with Crippen LogP contribution in [-0.4, -0.2) is 40.3 Å². The highest BCUT2D eigenvalue weighted by atomic mass is 16.5. The van der Waals surface area contributed by atoms with Crippen molar-refractivity contribution in [1.82, 2.24) is 10.6 Å². The topological polar surface area (TPSA) is 59.6 Å². The highest BCUT2D eigenvalue weighted by Crippen LogP contribution is 2.32. The van der Waals surface area contributed by atoms with E-state index in [2.05, 4.69) is 72.6 Å². The van der Waals surface area contributed by atoms with E-state index in [1.165, 1.54) is 19.3 Å². The lowest BCUT2D eigenvalue weighted by atomic mass is 9.81. The molecule has 0 aromatic carbocycles. The largest absolute Gasteiger partial charge is 0.495 e. The van der Waals surface area contributed by atoms with Crippen molar-refractivity contribution in [1.29, 1.82) is 0 Å². The molecular weight excluding hydrogens is 424 g/mol. The quantitative estimate of drug-likeness (QED) is 0.183. The summed E-state index contributed by atoms with van der Waals surface area (Å²) in [7, 11) is 0. The Balaban J connectivity index is 1.51. The molecule has 0 radical (unpaired) electrons. The number of carbonyl (C=O) groups is 1. The monoisotopic (exact) mass is 478 g/mol. The maximum Gasteiger partial charge on any atom is 0.306 e. The molecule has 34 heavy (non-hydrogen) atoms. The molecule has 0 atom stereocenters. The Kier molecular flexibility index (Phi) is 10.1. The van der Waals surface area contributed by atoms with Crippen LogP contribution in [0.3, 0.4) is 0 Å². The smallest absolute Gasteiger partial charge is 0.306 e. The number of nitrogens with one attached hydrogen (secondary N) is 2. The number of hydrogen-bond donors (Lipinski definition) is 2. The molecule has 2 aliphatic rings. The molecule has 0 aromatic rings. The Morgan fingerprint density at radius 3 is 1.44 bits per heavy atom. The summed E-state index contributed by atoms with van der Waals surface area (Å²) in [4.78, 5) is 12.3. The Hall–Kier alpha value is -1.07. The van der Waals surface area contributed by atoms with E-state index in [0.29, 0.717) is 6.42 Å². The van der Waals surface area contributed by atoms with E-state index < -0.39 is 0 Å². The van der Waals surface area contributed by atoms with E-state index >= 15 is 0 Å². The first-order chi connectivity index (χ1) is 15.6. The van der Waals surface area contributed by atoms with Crippen molar-refractivity contribution >= 4 is 5.97 Å². The molecule has 0 aromatic heterocycles. The maximum atomic E-state index is 12.3. The molecular formula is C29H54N2O3. The molecule has 0 spiro atoms. The van der Waals surface area contributed by atoms with Crippen LogP contribution in [0.15, 0.2) is 12.3 Å². The van der Waals surface area contributed by atoms with Gasteiger partial charge in [0.05, 0.1) is 5.76 Å². The summed E-state index contributed by atoms with van der Waals surface area (Å²) in [6.45, 7) is 21.9. The first kappa shape index (κ1) is 29.2. The van der Waals surface area contributed by atoms with Gasteiger partial charge in [-0.3, -0.25) is 4.79 Å². The van der Waals surface area contributed by atoms with Gasteiger partial charge in [-0.2, -0.15) is 0 Å². The van der Waals surface area contributed by atoms with Gasteiger partial charge in [0.1, 0.15) is 12.2 Å². The molecule has 2 fully saturated rings. The van der Waals surface area contributed by atoms with E-state index in [-0.39, 0.29) is 40.3 Å². The predicted octanol–water partition coefficient (Wildman–Crippen LogP) is 6.80. The Morgan fingerprint density at radius 2 is 1.00 bits per heavy atom. The van der Waals surface area contributed by atoms with Gasteiger partial charge in [0.25, 0.3) is 0 Å². The summed E-state index contributed by atoms with van der Waals surface area (Å²) in [6.07, 6.45) is 12.3. The third kappa shape index (κ3) is 11.1. The van der Waals surface area contributed by atoms with E-state index in [9.17, 15) is 4.79 Å². The molecule has 0 unspecified atom stereocenters. The first-order valence-electron chi connectivity index (χ1n) is 13.7. The fourth-order valence-corrected chi connectivity index (χ4v) is 6.46. The van der Waals surface area contributed by atoms with Gasteiger partial charge in [0.2, 0.25) is 0 Å². The summed E-state index contributed by atoms with van der Waals surface area (Å²) in [5.41, 5.74) is 0.202. The predicted molar refractivity (Wildman–Crippen MR) is 142 cm³/mol. The van der Waals surface area contributed by atoms with Gasteiger partial charge in [-0.25, -0.2) is 0 Å². The van der Waals surface area contributed by atoms with Crippen LogP contribution in [0, 0.1) is 0 Å². The standard InChI is InChI=1S/C29H54N2O3/c1-22(33-23-18-26(2,3)30-27(4,5)19-23)16-14-12-10-11-13-15-17-25(32)34-24-20-28(6,7)31-29(8,9)21-24/h23-24,30-31H,1,10-21H2,2-9H3. The fraction of sp³-hybridized carbons (Fsp3) is 0.897. The number of rotatable bonds is 12. The lowest BCUT2D eigenvalue weighted by molar-refractivity contribution is -0.153. The number of allylic oxidation sites excluding steroid dienone is 1. The average molecular weight is 479 g/mol.